The average Bonchev–Trinajstić information content (AvgIpc) is 2.33. The summed E-state index contributed by atoms with van der Waals surface area (Å²) in [7, 11) is 2.40. The highest BCUT2D eigenvalue weighted by Crippen LogP contribution is 2.36. The molecule has 2 heterocycles. The Morgan fingerprint density at radius 1 is 1.16 bits per heavy atom. The molecule has 0 aromatic rings. The first-order valence-corrected chi connectivity index (χ1v) is 7.84. The second-order valence-corrected chi connectivity index (χ2v) is 7.74. The van der Waals surface area contributed by atoms with Crippen molar-refractivity contribution >= 4 is 5.97 Å². The van der Waals surface area contributed by atoms with Crippen LogP contribution in [0.5, 0.6) is 0 Å². The fourth-order valence-electron chi connectivity index (χ4n) is 3.83. The number of rotatable bonds is 2. The molecule has 110 valence electrons. The molecule has 0 aromatic heterocycles. The van der Waals surface area contributed by atoms with Crippen molar-refractivity contribution in [1.82, 2.24) is 0 Å². The predicted molar refractivity (Wildman–Crippen MR) is 76.7 cm³/mol. The van der Waals surface area contributed by atoms with E-state index in [0.717, 1.165) is 6.04 Å². The second-order valence-electron chi connectivity index (χ2n) is 7.74. The second kappa shape index (κ2) is 5.43. The first-order chi connectivity index (χ1) is 8.83. The van der Waals surface area contributed by atoms with Crippen LogP contribution < -0.4 is 0 Å². The van der Waals surface area contributed by atoms with Gasteiger partial charge in [0.1, 0.15) is 0 Å². The molecule has 2 aliphatic heterocycles. The Hall–Kier alpha value is -0.570. The molecule has 3 heteroatoms. The highest BCUT2D eigenvalue weighted by molar-refractivity contribution is 5.75. The van der Waals surface area contributed by atoms with Gasteiger partial charge < -0.3 is 9.22 Å². The van der Waals surface area contributed by atoms with Gasteiger partial charge in [0.05, 0.1) is 38.2 Å². The van der Waals surface area contributed by atoms with Gasteiger partial charge in [-0.25, -0.2) is 0 Å². The van der Waals surface area contributed by atoms with Gasteiger partial charge in [0.2, 0.25) is 0 Å². The lowest BCUT2D eigenvalue weighted by molar-refractivity contribution is -0.947. The molecule has 0 unspecified atom stereocenters. The van der Waals surface area contributed by atoms with Crippen molar-refractivity contribution < 1.29 is 14.0 Å². The number of piperidine rings is 2. The van der Waals surface area contributed by atoms with Gasteiger partial charge in [-0.2, -0.15) is 0 Å². The Morgan fingerprint density at radius 3 is 2.53 bits per heavy atom. The molecular formula is C16H30NO2+. The number of ether oxygens (including phenoxy) is 1. The number of hydrogen-bond donors (Lipinski definition) is 0. The zero-order chi connectivity index (χ0) is 14.1. The number of fused-ring (bicyclic) bond motifs is 1. The van der Waals surface area contributed by atoms with E-state index in [1.807, 2.05) is 20.8 Å². The van der Waals surface area contributed by atoms with E-state index in [1.54, 1.807) is 0 Å². The molecule has 2 aliphatic rings. The van der Waals surface area contributed by atoms with Crippen molar-refractivity contribution in [3.8, 4) is 0 Å². The molecule has 0 radical (unpaired) electrons. The Morgan fingerprint density at radius 2 is 1.84 bits per heavy atom. The van der Waals surface area contributed by atoms with Gasteiger partial charge in [-0.05, 0) is 46.5 Å². The minimum absolute atomic E-state index is 0.0527. The van der Waals surface area contributed by atoms with Crippen LogP contribution >= 0.6 is 0 Å². The lowest BCUT2D eigenvalue weighted by atomic mass is 9.82. The smallest absolute Gasteiger partial charge is 0.311 e. The maximum atomic E-state index is 11.9. The normalized spacial score (nSPS) is 35.6. The monoisotopic (exact) mass is 268 g/mol. The summed E-state index contributed by atoms with van der Waals surface area (Å²) in [6, 6.07) is 0.718. The van der Waals surface area contributed by atoms with Crippen molar-refractivity contribution in [2.75, 3.05) is 26.7 Å². The number of esters is 1. The number of carbonyl (C=O) groups is 1. The summed E-state index contributed by atoms with van der Waals surface area (Å²) in [5.74, 6) is 0.522. The zero-order valence-corrected chi connectivity index (χ0v) is 13.1. The van der Waals surface area contributed by atoms with Gasteiger partial charge >= 0.3 is 5.97 Å². The van der Waals surface area contributed by atoms with E-state index in [4.69, 9.17) is 4.74 Å². The van der Waals surface area contributed by atoms with Gasteiger partial charge in [-0.15, -0.1) is 0 Å². The van der Waals surface area contributed by atoms with E-state index in [0.29, 0.717) is 12.5 Å². The molecular weight excluding hydrogens is 238 g/mol. The van der Waals surface area contributed by atoms with Crippen LogP contribution in [-0.2, 0) is 9.53 Å². The lowest BCUT2D eigenvalue weighted by Gasteiger charge is -2.51. The minimum atomic E-state index is -0.376. The van der Waals surface area contributed by atoms with E-state index in [1.165, 1.54) is 49.7 Å². The molecule has 0 aromatic carbocycles. The average molecular weight is 268 g/mol. The third kappa shape index (κ3) is 3.31. The maximum Gasteiger partial charge on any atom is 0.311 e. The highest BCUT2D eigenvalue weighted by Gasteiger charge is 2.44. The molecule has 3 atom stereocenters. The van der Waals surface area contributed by atoms with Crippen LogP contribution in [0.15, 0.2) is 0 Å². The molecule has 2 saturated heterocycles. The summed E-state index contributed by atoms with van der Waals surface area (Å²) < 4.78 is 6.81. The maximum absolute atomic E-state index is 11.9. The van der Waals surface area contributed by atoms with E-state index in [2.05, 4.69) is 7.05 Å². The van der Waals surface area contributed by atoms with Crippen LogP contribution in [0.2, 0.25) is 0 Å². The van der Waals surface area contributed by atoms with Crippen molar-refractivity contribution in [2.45, 2.75) is 58.9 Å². The van der Waals surface area contributed by atoms with Gasteiger partial charge in [0.25, 0.3) is 0 Å². The Balaban J connectivity index is 1.94. The predicted octanol–water partition coefficient (Wildman–Crippen LogP) is 2.98. The SMILES string of the molecule is CC(C)(C)C(=O)OC[C@@H]1CCC[N@@+]2(C)CCCC[C@H]12. The molecule has 0 amide bonds. The topological polar surface area (TPSA) is 26.3 Å². The van der Waals surface area contributed by atoms with Crippen LogP contribution in [0.4, 0.5) is 0 Å². The van der Waals surface area contributed by atoms with E-state index < -0.39 is 0 Å². The van der Waals surface area contributed by atoms with E-state index in [9.17, 15) is 4.79 Å². The molecule has 2 fully saturated rings. The molecule has 0 spiro atoms. The lowest BCUT2D eigenvalue weighted by Crippen LogP contribution is -2.61. The van der Waals surface area contributed by atoms with Crippen LogP contribution in [-0.4, -0.2) is 43.2 Å². The number of nitrogens with zero attached hydrogens (tertiary/aromatic N) is 1. The van der Waals surface area contributed by atoms with Crippen molar-refractivity contribution in [2.24, 2.45) is 11.3 Å². The van der Waals surface area contributed by atoms with Crippen LogP contribution in [0, 0.1) is 11.3 Å². The fourth-order valence-corrected chi connectivity index (χ4v) is 3.83. The van der Waals surface area contributed by atoms with E-state index in [-0.39, 0.29) is 11.4 Å². The first-order valence-electron chi connectivity index (χ1n) is 7.84. The van der Waals surface area contributed by atoms with Gasteiger partial charge in [0, 0.05) is 12.3 Å². The van der Waals surface area contributed by atoms with Crippen molar-refractivity contribution in [1.29, 1.82) is 0 Å². The van der Waals surface area contributed by atoms with Gasteiger partial charge in [0.15, 0.2) is 0 Å². The van der Waals surface area contributed by atoms with Crippen molar-refractivity contribution in [3.05, 3.63) is 0 Å². The highest BCUT2D eigenvalue weighted by atomic mass is 16.5. The fraction of sp³-hybridized carbons (Fsp3) is 0.938. The zero-order valence-electron chi connectivity index (χ0n) is 13.1. The summed E-state index contributed by atoms with van der Waals surface area (Å²) in [5.41, 5.74) is -0.376. The minimum Gasteiger partial charge on any atom is -0.465 e. The van der Waals surface area contributed by atoms with Gasteiger partial charge in [-0.3, -0.25) is 4.79 Å². The molecule has 0 bridgehead atoms. The quantitative estimate of drug-likeness (QED) is 0.568. The largest absolute Gasteiger partial charge is 0.465 e. The van der Waals surface area contributed by atoms with Crippen molar-refractivity contribution in [3.63, 3.8) is 0 Å². The summed E-state index contributed by atoms with van der Waals surface area (Å²) in [5, 5.41) is 0. The summed E-state index contributed by atoms with van der Waals surface area (Å²) >= 11 is 0. The Bertz CT molecular complexity index is 330. The molecule has 0 aliphatic carbocycles. The third-order valence-electron chi connectivity index (χ3n) is 5.05. The van der Waals surface area contributed by atoms with Crippen LogP contribution in [0.25, 0.3) is 0 Å². The molecule has 0 N–H and O–H groups in total. The standard InChI is InChI=1S/C16H30NO2/c1-16(2,3)15(18)19-12-13-8-7-11-17(4)10-6-5-9-14(13)17/h13-14H,5-12H2,1-4H3/q+1/t13-,14+,17+/m0/s1. The van der Waals surface area contributed by atoms with Crippen LogP contribution in [0.3, 0.4) is 0 Å². The first kappa shape index (κ1) is 14.8. The molecule has 0 saturated carbocycles. The number of quaternary nitrogens is 1. The molecule has 2 rings (SSSR count). The number of hydrogen-bond acceptors (Lipinski definition) is 2. The Kier molecular flexibility index (Phi) is 4.24. The summed E-state index contributed by atoms with van der Waals surface area (Å²) in [6.07, 6.45) is 6.54. The van der Waals surface area contributed by atoms with Gasteiger partial charge in [-0.1, -0.05) is 0 Å². The van der Waals surface area contributed by atoms with E-state index >= 15 is 0 Å². The summed E-state index contributed by atoms with van der Waals surface area (Å²) in [6.45, 7) is 9.04. The Labute approximate surface area is 117 Å². The van der Waals surface area contributed by atoms with Crippen LogP contribution in [0.1, 0.15) is 52.9 Å². The number of carbonyl (C=O) groups excluding carboxylic acids is 1. The molecule has 3 nitrogen and oxygen atoms in total. The molecule has 19 heavy (non-hydrogen) atoms. The third-order valence-corrected chi connectivity index (χ3v) is 5.05. The summed E-state index contributed by atoms with van der Waals surface area (Å²) in [4.78, 5) is 11.9.